The van der Waals surface area contributed by atoms with Crippen molar-refractivity contribution in [2.24, 2.45) is 0 Å². The van der Waals surface area contributed by atoms with E-state index in [1.807, 2.05) is 19.9 Å². The van der Waals surface area contributed by atoms with Gasteiger partial charge in [-0.3, -0.25) is 9.52 Å². The minimum Gasteiger partial charge on any atom is -0.349 e. The quantitative estimate of drug-likeness (QED) is 0.634. The highest BCUT2D eigenvalue weighted by atomic mass is 35.5. The third kappa shape index (κ3) is 5.31. The minimum atomic E-state index is -3.94. The molecule has 0 bridgehead atoms. The number of sulfonamides is 1. The summed E-state index contributed by atoms with van der Waals surface area (Å²) in [6.45, 7) is 3.77. The van der Waals surface area contributed by atoms with Crippen LogP contribution in [-0.4, -0.2) is 20.4 Å². The van der Waals surface area contributed by atoms with Gasteiger partial charge in [0.25, 0.3) is 15.9 Å². The van der Waals surface area contributed by atoms with E-state index in [2.05, 4.69) is 10.0 Å². The molecule has 2 N–H and O–H groups in total. The number of nitrogens with one attached hydrogen (secondary N) is 2. The largest absolute Gasteiger partial charge is 0.349 e. The molecular formula is C22H27ClN2O3S. The smallest absolute Gasteiger partial charge is 0.263 e. The molecule has 156 valence electrons. The molecule has 1 saturated carbocycles. The Kier molecular flexibility index (Phi) is 6.85. The van der Waals surface area contributed by atoms with Crippen LogP contribution in [-0.2, 0) is 10.0 Å². The van der Waals surface area contributed by atoms with E-state index in [1.54, 1.807) is 18.2 Å². The van der Waals surface area contributed by atoms with Gasteiger partial charge in [0.05, 0.1) is 10.7 Å². The van der Waals surface area contributed by atoms with Crippen LogP contribution in [0.25, 0.3) is 0 Å². The van der Waals surface area contributed by atoms with Gasteiger partial charge in [-0.25, -0.2) is 8.42 Å². The van der Waals surface area contributed by atoms with Crippen molar-refractivity contribution >= 4 is 33.2 Å². The summed E-state index contributed by atoms with van der Waals surface area (Å²) >= 11 is 6.19. The van der Waals surface area contributed by atoms with Gasteiger partial charge in [-0.1, -0.05) is 49.4 Å². The fourth-order valence-electron chi connectivity index (χ4n) is 3.60. The summed E-state index contributed by atoms with van der Waals surface area (Å²) < 4.78 is 28.5. The van der Waals surface area contributed by atoms with Gasteiger partial charge in [0.2, 0.25) is 0 Å². The lowest BCUT2D eigenvalue weighted by Gasteiger charge is -2.17. The number of hydrogen-bond acceptors (Lipinski definition) is 3. The van der Waals surface area contributed by atoms with Crippen molar-refractivity contribution in [2.45, 2.75) is 63.3 Å². The number of rotatable bonds is 5. The summed E-state index contributed by atoms with van der Waals surface area (Å²) in [5, 5.41) is 3.12. The first kappa shape index (κ1) is 21.7. The highest BCUT2D eigenvalue weighted by Gasteiger charge is 2.22. The lowest BCUT2D eigenvalue weighted by molar-refractivity contribution is 0.0933. The number of hydrogen-bond donors (Lipinski definition) is 2. The predicted octanol–water partition coefficient (Wildman–Crippen LogP) is 5.21. The molecule has 2 aromatic rings. The maximum absolute atomic E-state index is 13.0. The maximum atomic E-state index is 13.0. The van der Waals surface area contributed by atoms with Crippen LogP contribution in [0, 0.1) is 13.8 Å². The van der Waals surface area contributed by atoms with Crippen LogP contribution in [0.4, 0.5) is 5.69 Å². The molecule has 0 aromatic heterocycles. The van der Waals surface area contributed by atoms with E-state index in [0.29, 0.717) is 11.3 Å². The van der Waals surface area contributed by atoms with Crippen LogP contribution >= 0.6 is 11.6 Å². The van der Waals surface area contributed by atoms with Gasteiger partial charge in [-0.2, -0.15) is 0 Å². The molecule has 1 aliphatic rings. The molecule has 0 spiro atoms. The third-order valence-electron chi connectivity index (χ3n) is 5.52. The zero-order valence-corrected chi connectivity index (χ0v) is 18.4. The van der Waals surface area contributed by atoms with Gasteiger partial charge in [0.15, 0.2) is 0 Å². The van der Waals surface area contributed by atoms with E-state index in [-0.39, 0.29) is 21.9 Å². The molecule has 5 nitrogen and oxygen atoms in total. The van der Waals surface area contributed by atoms with Gasteiger partial charge >= 0.3 is 0 Å². The summed E-state index contributed by atoms with van der Waals surface area (Å²) in [6.07, 6.45) is 6.51. The standard InChI is InChI=1S/C22H27ClN2O3S/c1-15-8-7-11-20(16(15)2)25-29(27,28)21-14-17(12-13-19(21)23)22(26)24-18-9-5-3-4-6-10-18/h7-8,11-14,18,25H,3-6,9-10H2,1-2H3,(H,24,26). The first-order chi connectivity index (χ1) is 13.8. The van der Waals surface area contributed by atoms with Crippen molar-refractivity contribution in [2.75, 3.05) is 4.72 Å². The van der Waals surface area contributed by atoms with E-state index in [4.69, 9.17) is 11.6 Å². The minimum absolute atomic E-state index is 0.0776. The average Bonchev–Trinajstić information content (AvgIpc) is 2.94. The predicted molar refractivity (Wildman–Crippen MR) is 117 cm³/mol. The molecule has 0 heterocycles. The summed E-state index contributed by atoms with van der Waals surface area (Å²) in [6, 6.07) is 9.91. The summed E-state index contributed by atoms with van der Waals surface area (Å²) in [4.78, 5) is 12.6. The molecular weight excluding hydrogens is 408 g/mol. The number of carbonyl (C=O) groups excluding carboxylic acids is 1. The Labute approximate surface area is 177 Å². The molecule has 0 unspecified atom stereocenters. The van der Waals surface area contributed by atoms with Gasteiger partial charge in [-0.15, -0.1) is 0 Å². The Morgan fingerprint density at radius 3 is 2.41 bits per heavy atom. The average molecular weight is 435 g/mol. The Hall–Kier alpha value is -2.05. The first-order valence-electron chi connectivity index (χ1n) is 9.97. The number of benzene rings is 2. The van der Waals surface area contributed by atoms with E-state index < -0.39 is 10.0 Å². The fraction of sp³-hybridized carbons (Fsp3) is 0.409. The van der Waals surface area contributed by atoms with Gasteiger partial charge in [0.1, 0.15) is 4.90 Å². The van der Waals surface area contributed by atoms with Crippen LogP contribution in [0.1, 0.15) is 60.0 Å². The van der Waals surface area contributed by atoms with Crippen LogP contribution in [0.2, 0.25) is 5.02 Å². The molecule has 0 atom stereocenters. The van der Waals surface area contributed by atoms with Crippen molar-refractivity contribution in [3.05, 3.63) is 58.1 Å². The fourth-order valence-corrected chi connectivity index (χ4v) is 5.25. The third-order valence-corrected chi connectivity index (χ3v) is 7.37. The second kappa shape index (κ2) is 9.18. The number of aryl methyl sites for hydroxylation is 1. The lowest BCUT2D eigenvalue weighted by atomic mass is 10.1. The highest BCUT2D eigenvalue weighted by molar-refractivity contribution is 7.92. The molecule has 0 saturated heterocycles. The van der Waals surface area contributed by atoms with Crippen LogP contribution in [0.15, 0.2) is 41.3 Å². The molecule has 3 rings (SSSR count). The zero-order chi connectivity index (χ0) is 21.0. The molecule has 0 aliphatic heterocycles. The number of amides is 1. The van der Waals surface area contributed by atoms with Gasteiger partial charge < -0.3 is 5.32 Å². The Morgan fingerprint density at radius 1 is 1.03 bits per heavy atom. The highest BCUT2D eigenvalue weighted by Crippen LogP contribution is 2.27. The Morgan fingerprint density at radius 2 is 1.72 bits per heavy atom. The second-order valence-electron chi connectivity index (χ2n) is 7.66. The monoisotopic (exact) mass is 434 g/mol. The number of anilines is 1. The number of carbonyl (C=O) groups is 1. The molecule has 1 aliphatic carbocycles. The first-order valence-corrected chi connectivity index (χ1v) is 11.8. The van der Waals surface area contributed by atoms with Crippen molar-refractivity contribution in [3.63, 3.8) is 0 Å². The molecule has 29 heavy (non-hydrogen) atoms. The van der Waals surface area contributed by atoms with Crippen LogP contribution in [0.5, 0.6) is 0 Å². The van der Waals surface area contributed by atoms with Crippen LogP contribution < -0.4 is 10.0 Å². The van der Waals surface area contributed by atoms with Gasteiger partial charge in [-0.05, 0) is 62.1 Å². The summed E-state index contributed by atoms with van der Waals surface area (Å²) in [5.74, 6) is -0.267. The van der Waals surface area contributed by atoms with Crippen LogP contribution in [0.3, 0.4) is 0 Å². The molecule has 1 amide bonds. The van der Waals surface area contributed by atoms with E-state index in [9.17, 15) is 13.2 Å². The lowest BCUT2D eigenvalue weighted by Crippen LogP contribution is -2.34. The molecule has 2 aromatic carbocycles. The van der Waals surface area contributed by atoms with Crippen molar-refractivity contribution < 1.29 is 13.2 Å². The van der Waals surface area contributed by atoms with Crippen molar-refractivity contribution in [1.29, 1.82) is 0 Å². The van der Waals surface area contributed by atoms with Crippen molar-refractivity contribution in [1.82, 2.24) is 5.32 Å². The normalized spacial score (nSPS) is 15.6. The van der Waals surface area contributed by atoms with Gasteiger partial charge in [0, 0.05) is 11.6 Å². The topological polar surface area (TPSA) is 75.3 Å². The van der Waals surface area contributed by atoms with E-state index in [0.717, 1.165) is 36.8 Å². The SMILES string of the molecule is Cc1cccc(NS(=O)(=O)c2cc(C(=O)NC3CCCCCC3)ccc2Cl)c1C. The van der Waals surface area contributed by atoms with Crippen molar-refractivity contribution in [3.8, 4) is 0 Å². The second-order valence-corrected chi connectivity index (χ2v) is 9.72. The Balaban J connectivity index is 1.83. The molecule has 0 radical (unpaired) electrons. The maximum Gasteiger partial charge on any atom is 0.263 e. The number of halogens is 1. The zero-order valence-electron chi connectivity index (χ0n) is 16.8. The van der Waals surface area contributed by atoms with E-state index >= 15 is 0 Å². The summed E-state index contributed by atoms with van der Waals surface area (Å²) in [7, 11) is -3.94. The molecule has 1 fully saturated rings. The van der Waals surface area contributed by atoms with E-state index in [1.165, 1.54) is 25.0 Å². The summed E-state index contributed by atoms with van der Waals surface area (Å²) in [5.41, 5.74) is 2.61. The Bertz CT molecular complexity index is 997. The molecule has 7 heteroatoms.